The van der Waals surface area contributed by atoms with Crippen molar-refractivity contribution in [2.45, 2.75) is 123 Å². The van der Waals surface area contributed by atoms with E-state index >= 15 is 0 Å². The van der Waals surface area contributed by atoms with Crippen LogP contribution in [-0.2, 0) is 0 Å². The average molecular weight is 410 g/mol. The molecule has 1 aliphatic carbocycles. The summed E-state index contributed by atoms with van der Waals surface area (Å²) in [7, 11) is 0. The van der Waals surface area contributed by atoms with Gasteiger partial charge in [0.1, 0.15) is 0 Å². The zero-order valence-electron chi connectivity index (χ0n) is 20.1. The van der Waals surface area contributed by atoms with Gasteiger partial charge in [-0.3, -0.25) is 0 Å². The summed E-state index contributed by atoms with van der Waals surface area (Å²) < 4.78 is 0. The molecule has 1 aliphatic rings. The Morgan fingerprint density at radius 3 is 1.59 bits per heavy atom. The monoisotopic (exact) mass is 409 g/mol. The van der Waals surface area contributed by atoms with E-state index in [9.17, 15) is 0 Å². The van der Waals surface area contributed by atoms with Gasteiger partial charge in [-0.25, -0.2) is 0 Å². The van der Waals surface area contributed by atoms with Crippen molar-refractivity contribution in [3.8, 4) is 0 Å². The Labute approximate surface area is 183 Å². The first-order valence-corrected chi connectivity index (χ1v) is 13.2. The van der Waals surface area contributed by atoms with Crippen LogP contribution in [0.5, 0.6) is 0 Å². The number of nitrogens with two attached hydrogens (primary N) is 3. The smallest absolute Gasteiger partial charge is 0.00746 e. The van der Waals surface area contributed by atoms with Crippen molar-refractivity contribution in [3.05, 3.63) is 0 Å². The molecule has 4 unspecified atom stereocenters. The van der Waals surface area contributed by atoms with Crippen LogP contribution in [0.1, 0.15) is 123 Å². The average Bonchev–Trinajstić information content (AvgIpc) is 2.70. The van der Waals surface area contributed by atoms with Crippen LogP contribution < -0.4 is 17.2 Å². The maximum absolute atomic E-state index is 6.00. The standard InChI is InChI=1S/C26H55N3/c1-3-26(2)18-8-7-12-23(15-19-27)10-5-4-6-11-24(16-20-28)13-9-14-25(22-26)17-21-29/h23-25H,3-22,27-29H2,1-2H3. The number of hydrogen-bond donors (Lipinski definition) is 3. The van der Waals surface area contributed by atoms with Crippen LogP contribution in [0.15, 0.2) is 0 Å². The van der Waals surface area contributed by atoms with Crippen LogP contribution in [0.2, 0.25) is 0 Å². The van der Waals surface area contributed by atoms with Gasteiger partial charge in [0, 0.05) is 0 Å². The van der Waals surface area contributed by atoms with Crippen molar-refractivity contribution < 1.29 is 0 Å². The molecular weight excluding hydrogens is 354 g/mol. The molecule has 4 atom stereocenters. The molecular formula is C26H55N3. The van der Waals surface area contributed by atoms with Gasteiger partial charge in [-0.15, -0.1) is 0 Å². The van der Waals surface area contributed by atoms with E-state index in [1.165, 1.54) is 109 Å². The highest BCUT2D eigenvalue weighted by atomic mass is 14.5. The lowest BCUT2D eigenvalue weighted by Crippen LogP contribution is -2.22. The molecule has 29 heavy (non-hydrogen) atoms. The van der Waals surface area contributed by atoms with Gasteiger partial charge in [0.25, 0.3) is 0 Å². The summed E-state index contributed by atoms with van der Waals surface area (Å²) in [5, 5.41) is 0. The van der Waals surface area contributed by atoms with Gasteiger partial charge in [0.05, 0.1) is 0 Å². The molecule has 0 amide bonds. The molecule has 0 heterocycles. The second-order valence-electron chi connectivity index (χ2n) is 10.5. The lowest BCUT2D eigenvalue weighted by atomic mass is 9.73. The molecule has 0 aromatic heterocycles. The second-order valence-corrected chi connectivity index (χ2v) is 10.5. The van der Waals surface area contributed by atoms with E-state index in [0.29, 0.717) is 5.41 Å². The highest BCUT2D eigenvalue weighted by molar-refractivity contribution is 4.78. The van der Waals surface area contributed by atoms with Crippen LogP contribution in [0.4, 0.5) is 0 Å². The topological polar surface area (TPSA) is 78.1 Å². The minimum Gasteiger partial charge on any atom is -0.330 e. The SMILES string of the molecule is CCC1(C)CCCCC(CCN)CCCCCC(CCN)CCCC(CCN)C1. The summed E-state index contributed by atoms with van der Waals surface area (Å²) in [5.74, 6) is 2.50. The van der Waals surface area contributed by atoms with Crippen molar-refractivity contribution in [3.63, 3.8) is 0 Å². The Kier molecular flexibility index (Phi) is 15.4. The largest absolute Gasteiger partial charge is 0.330 e. The summed E-state index contributed by atoms with van der Waals surface area (Å²) >= 11 is 0. The zero-order chi connectivity index (χ0) is 21.4. The molecule has 1 saturated carbocycles. The first kappa shape index (κ1) is 26.9. The predicted molar refractivity (Wildman–Crippen MR) is 130 cm³/mol. The minimum absolute atomic E-state index is 0.494. The summed E-state index contributed by atoms with van der Waals surface area (Å²) in [6.45, 7) is 7.49. The Bertz CT molecular complexity index is 373. The minimum atomic E-state index is 0.494. The maximum Gasteiger partial charge on any atom is -0.00746 e. The molecule has 174 valence electrons. The van der Waals surface area contributed by atoms with E-state index in [2.05, 4.69) is 13.8 Å². The maximum atomic E-state index is 6.00. The van der Waals surface area contributed by atoms with Gasteiger partial charge in [0.15, 0.2) is 0 Å². The third-order valence-electron chi connectivity index (χ3n) is 7.95. The predicted octanol–water partition coefficient (Wildman–Crippen LogP) is 6.38. The summed E-state index contributed by atoms with van der Waals surface area (Å²) in [4.78, 5) is 0. The van der Waals surface area contributed by atoms with Crippen molar-refractivity contribution >= 4 is 0 Å². The molecule has 0 spiro atoms. The van der Waals surface area contributed by atoms with Crippen molar-refractivity contribution in [1.82, 2.24) is 0 Å². The summed E-state index contributed by atoms with van der Waals surface area (Å²) in [5.41, 5.74) is 18.3. The van der Waals surface area contributed by atoms with E-state index in [1.54, 1.807) is 0 Å². The first-order chi connectivity index (χ1) is 14.1. The molecule has 6 N–H and O–H groups in total. The van der Waals surface area contributed by atoms with Crippen LogP contribution in [0.3, 0.4) is 0 Å². The van der Waals surface area contributed by atoms with Gasteiger partial charge in [0.2, 0.25) is 0 Å². The quantitative estimate of drug-likeness (QED) is 0.456. The fourth-order valence-electron chi connectivity index (χ4n) is 5.76. The van der Waals surface area contributed by atoms with Gasteiger partial charge in [-0.1, -0.05) is 90.9 Å². The number of hydrogen-bond acceptors (Lipinski definition) is 3. The molecule has 1 fully saturated rings. The van der Waals surface area contributed by atoms with Crippen molar-refractivity contribution in [2.75, 3.05) is 19.6 Å². The molecule has 1 rings (SSSR count). The first-order valence-electron chi connectivity index (χ1n) is 13.2. The van der Waals surface area contributed by atoms with Gasteiger partial charge in [-0.05, 0) is 74.9 Å². The van der Waals surface area contributed by atoms with E-state index in [0.717, 1.165) is 37.4 Å². The highest BCUT2D eigenvalue weighted by Gasteiger charge is 2.26. The van der Waals surface area contributed by atoms with E-state index in [-0.39, 0.29) is 0 Å². The lowest BCUT2D eigenvalue weighted by Gasteiger charge is -2.33. The summed E-state index contributed by atoms with van der Waals surface area (Å²) in [6.07, 6.45) is 22.9. The Morgan fingerprint density at radius 1 is 0.621 bits per heavy atom. The van der Waals surface area contributed by atoms with Gasteiger partial charge in [-0.2, -0.15) is 0 Å². The summed E-state index contributed by atoms with van der Waals surface area (Å²) in [6, 6.07) is 0. The molecule has 0 bridgehead atoms. The number of rotatable bonds is 7. The Morgan fingerprint density at radius 2 is 1.07 bits per heavy atom. The molecule has 0 aromatic carbocycles. The fourth-order valence-corrected chi connectivity index (χ4v) is 5.76. The highest BCUT2D eigenvalue weighted by Crippen LogP contribution is 2.38. The van der Waals surface area contributed by atoms with Crippen molar-refractivity contribution in [1.29, 1.82) is 0 Å². The van der Waals surface area contributed by atoms with Crippen LogP contribution in [0.25, 0.3) is 0 Å². The van der Waals surface area contributed by atoms with Crippen LogP contribution in [0, 0.1) is 23.2 Å². The molecule has 3 heteroatoms. The van der Waals surface area contributed by atoms with Crippen LogP contribution >= 0.6 is 0 Å². The second kappa shape index (κ2) is 16.6. The third kappa shape index (κ3) is 12.4. The normalized spacial score (nSPS) is 32.0. The zero-order valence-corrected chi connectivity index (χ0v) is 20.1. The Hall–Kier alpha value is -0.120. The van der Waals surface area contributed by atoms with E-state index in [1.807, 2.05) is 0 Å². The van der Waals surface area contributed by atoms with E-state index in [4.69, 9.17) is 17.2 Å². The lowest BCUT2D eigenvalue weighted by molar-refractivity contribution is 0.188. The molecule has 3 nitrogen and oxygen atoms in total. The Balaban J connectivity index is 2.74. The van der Waals surface area contributed by atoms with Crippen LogP contribution in [-0.4, -0.2) is 19.6 Å². The third-order valence-corrected chi connectivity index (χ3v) is 7.95. The van der Waals surface area contributed by atoms with Gasteiger partial charge >= 0.3 is 0 Å². The molecule has 0 radical (unpaired) electrons. The van der Waals surface area contributed by atoms with Gasteiger partial charge < -0.3 is 17.2 Å². The van der Waals surface area contributed by atoms with E-state index < -0.39 is 0 Å². The molecule has 0 aromatic rings. The molecule has 0 aliphatic heterocycles. The molecule has 0 saturated heterocycles. The van der Waals surface area contributed by atoms with Crippen molar-refractivity contribution in [2.24, 2.45) is 40.4 Å². The fraction of sp³-hybridized carbons (Fsp3) is 1.00.